The molecule has 0 radical (unpaired) electrons. The Morgan fingerprint density at radius 1 is 1.24 bits per heavy atom. The zero-order valence-electron chi connectivity index (χ0n) is 14.3. The van der Waals surface area contributed by atoms with Gasteiger partial charge >= 0.3 is 0 Å². The molecular formula is C21H26ClN3. The predicted molar refractivity (Wildman–Crippen MR) is 109 cm³/mol. The van der Waals surface area contributed by atoms with E-state index in [9.17, 15) is 0 Å². The molecule has 0 saturated heterocycles. The summed E-state index contributed by atoms with van der Waals surface area (Å²) >= 11 is 5.94. The molecule has 132 valence electrons. The van der Waals surface area contributed by atoms with Crippen molar-refractivity contribution in [3.63, 3.8) is 0 Å². The van der Waals surface area contributed by atoms with Crippen LogP contribution >= 0.6 is 11.6 Å². The largest absolute Gasteiger partial charge is 0.327 e. The van der Waals surface area contributed by atoms with Crippen LogP contribution in [0.2, 0.25) is 5.15 Å². The average Bonchev–Trinajstić information content (AvgIpc) is 2.93. The van der Waals surface area contributed by atoms with Crippen molar-refractivity contribution in [3.8, 4) is 0 Å². The van der Waals surface area contributed by atoms with Crippen LogP contribution in [-0.4, -0.2) is 14.5 Å². The third-order valence-corrected chi connectivity index (χ3v) is 4.18. The van der Waals surface area contributed by atoms with E-state index in [2.05, 4.69) is 28.7 Å². The minimum Gasteiger partial charge on any atom is -0.327 e. The van der Waals surface area contributed by atoms with Crippen LogP contribution in [-0.2, 0) is 6.54 Å². The van der Waals surface area contributed by atoms with Gasteiger partial charge in [-0.15, -0.1) is 0 Å². The van der Waals surface area contributed by atoms with Gasteiger partial charge in [0.15, 0.2) is 0 Å². The summed E-state index contributed by atoms with van der Waals surface area (Å²) in [6.45, 7) is 10.2. The molecule has 0 bridgehead atoms. The molecule has 0 amide bonds. The van der Waals surface area contributed by atoms with E-state index >= 15 is 0 Å². The SMILES string of the molecule is C.C=C/C(C)=C/C.Cc1c(Cl)ncn1Cc1ccc2ccccc2n1. The first-order valence-electron chi connectivity index (χ1n) is 7.82. The van der Waals surface area contributed by atoms with E-state index in [1.165, 1.54) is 5.57 Å². The number of aromatic nitrogens is 3. The van der Waals surface area contributed by atoms with Gasteiger partial charge < -0.3 is 4.57 Å². The van der Waals surface area contributed by atoms with Crippen LogP contribution in [0.4, 0.5) is 0 Å². The van der Waals surface area contributed by atoms with Gasteiger partial charge in [0, 0.05) is 5.39 Å². The van der Waals surface area contributed by atoms with Crippen molar-refractivity contribution < 1.29 is 0 Å². The summed E-state index contributed by atoms with van der Waals surface area (Å²) in [6.07, 6.45) is 5.60. The number of benzene rings is 1. The minimum atomic E-state index is 0. The molecule has 0 unspecified atom stereocenters. The lowest BCUT2D eigenvalue weighted by molar-refractivity contribution is 0.752. The Hall–Kier alpha value is -2.39. The van der Waals surface area contributed by atoms with Crippen LogP contribution in [0.25, 0.3) is 10.9 Å². The van der Waals surface area contributed by atoms with E-state index in [0.717, 1.165) is 22.3 Å². The summed E-state index contributed by atoms with van der Waals surface area (Å²) in [5.74, 6) is 0. The number of pyridine rings is 1. The van der Waals surface area contributed by atoms with Crippen molar-refractivity contribution in [3.05, 3.63) is 83.6 Å². The lowest BCUT2D eigenvalue weighted by Crippen LogP contribution is -2.02. The van der Waals surface area contributed by atoms with Crippen LogP contribution in [0.3, 0.4) is 0 Å². The fraction of sp³-hybridized carbons (Fsp3) is 0.238. The molecule has 0 saturated carbocycles. The van der Waals surface area contributed by atoms with Gasteiger partial charge in [0.05, 0.1) is 29.8 Å². The van der Waals surface area contributed by atoms with Crippen molar-refractivity contribution in [2.24, 2.45) is 0 Å². The number of allylic oxidation sites excluding steroid dienone is 3. The van der Waals surface area contributed by atoms with Crippen LogP contribution in [0.15, 0.2) is 67.0 Å². The van der Waals surface area contributed by atoms with E-state index in [-0.39, 0.29) is 7.43 Å². The summed E-state index contributed by atoms with van der Waals surface area (Å²) in [7, 11) is 0. The second kappa shape index (κ2) is 9.80. The van der Waals surface area contributed by atoms with Crippen molar-refractivity contribution in [1.82, 2.24) is 14.5 Å². The molecule has 0 spiro atoms. The number of fused-ring (bicyclic) bond motifs is 1. The number of nitrogens with zero attached hydrogens (tertiary/aromatic N) is 3. The molecule has 3 aromatic rings. The van der Waals surface area contributed by atoms with Crippen molar-refractivity contribution in [1.29, 1.82) is 0 Å². The smallest absolute Gasteiger partial charge is 0.149 e. The van der Waals surface area contributed by atoms with Crippen molar-refractivity contribution in [2.45, 2.75) is 34.7 Å². The van der Waals surface area contributed by atoms with Gasteiger partial charge in [-0.2, -0.15) is 0 Å². The topological polar surface area (TPSA) is 30.7 Å². The maximum Gasteiger partial charge on any atom is 0.149 e. The summed E-state index contributed by atoms with van der Waals surface area (Å²) in [4.78, 5) is 8.70. The number of para-hydroxylation sites is 1. The van der Waals surface area contributed by atoms with E-state index in [1.54, 1.807) is 6.33 Å². The Kier molecular flexibility index (Phi) is 8.09. The van der Waals surface area contributed by atoms with Crippen LogP contribution in [0, 0.1) is 6.92 Å². The van der Waals surface area contributed by atoms with Crippen LogP contribution < -0.4 is 0 Å². The molecule has 0 fully saturated rings. The zero-order valence-corrected chi connectivity index (χ0v) is 15.1. The average molecular weight is 356 g/mol. The quantitative estimate of drug-likeness (QED) is 0.522. The predicted octanol–water partition coefficient (Wildman–Crippen LogP) is 6.22. The Bertz CT molecular complexity index is 862. The maximum atomic E-state index is 5.94. The second-order valence-corrected chi connectivity index (χ2v) is 5.84. The molecule has 0 aliphatic heterocycles. The lowest BCUT2D eigenvalue weighted by Gasteiger charge is -2.06. The van der Waals surface area contributed by atoms with Crippen molar-refractivity contribution >= 4 is 22.5 Å². The van der Waals surface area contributed by atoms with Crippen molar-refractivity contribution in [2.75, 3.05) is 0 Å². The number of hydrogen-bond donors (Lipinski definition) is 0. The third kappa shape index (κ3) is 5.57. The molecule has 3 rings (SSSR count). The maximum absolute atomic E-state index is 5.94. The highest BCUT2D eigenvalue weighted by atomic mass is 35.5. The Morgan fingerprint density at radius 3 is 2.52 bits per heavy atom. The second-order valence-electron chi connectivity index (χ2n) is 5.48. The first kappa shape index (κ1) is 20.7. The molecule has 3 nitrogen and oxygen atoms in total. The van der Waals surface area contributed by atoms with Gasteiger partial charge in [0.1, 0.15) is 5.15 Å². The van der Waals surface area contributed by atoms with E-state index in [4.69, 9.17) is 11.6 Å². The molecule has 4 heteroatoms. The normalized spacial score (nSPS) is 10.6. The van der Waals surface area contributed by atoms with E-state index in [1.807, 2.05) is 61.8 Å². The monoisotopic (exact) mass is 355 g/mol. The van der Waals surface area contributed by atoms with Gasteiger partial charge in [0.2, 0.25) is 0 Å². The number of rotatable bonds is 3. The highest BCUT2D eigenvalue weighted by molar-refractivity contribution is 6.30. The first-order chi connectivity index (χ1) is 11.5. The molecule has 25 heavy (non-hydrogen) atoms. The lowest BCUT2D eigenvalue weighted by atomic mass is 10.2. The zero-order chi connectivity index (χ0) is 17.5. The van der Waals surface area contributed by atoms with Crippen LogP contribution in [0.5, 0.6) is 0 Å². The van der Waals surface area contributed by atoms with Gasteiger partial charge in [0.25, 0.3) is 0 Å². The highest BCUT2D eigenvalue weighted by Crippen LogP contribution is 2.15. The molecule has 0 N–H and O–H groups in total. The summed E-state index contributed by atoms with van der Waals surface area (Å²) in [5.41, 5.74) is 4.21. The Balaban J connectivity index is 0.000000390. The molecule has 0 aliphatic rings. The van der Waals surface area contributed by atoms with Crippen LogP contribution in [0.1, 0.15) is 32.7 Å². The van der Waals surface area contributed by atoms with Gasteiger partial charge in [-0.05, 0) is 32.9 Å². The summed E-state index contributed by atoms with van der Waals surface area (Å²) < 4.78 is 2.00. The van der Waals surface area contributed by atoms with Gasteiger partial charge in [-0.25, -0.2) is 4.98 Å². The minimum absolute atomic E-state index is 0. The first-order valence-corrected chi connectivity index (χ1v) is 8.20. The number of halogens is 1. The molecule has 2 aromatic heterocycles. The number of imidazole rings is 1. The Morgan fingerprint density at radius 2 is 1.96 bits per heavy atom. The standard InChI is InChI=1S/C14H12ClN3.C6H10.CH4/c1-10-14(15)16-9-18(10)8-12-7-6-11-4-2-3-5-13(11)17-12;1-4-6(3)5-2;/h2-7,9H,8H2,1H3;4-5H,1H2,2-3H3;1H4/b;6-5+;. The summed E-state index contributed by atoms with van der Waals surface area (Å²) in [6, 6.07) is 12.2. The van der Waals surface area contributed by atoms with E-state index in [0.29, 0.717) is 11.7 Å². The molecule has 1 aromatic carbocycles. The highest BCUT2D eigenvalue weighted by Gasteiger charge is 2.05. The number of hydrogen-bond acceptors (Lipinski definition) is 2. The van der Waals surface area contributed by atoms with E-state index < -0.39 is 0 Å². The Labute approximate surface area is 155 Å². The molecule has 2 heterocycles. The van der Waals surface area contributed by atoms with Gasteiger partial charge in [-0.1, -0.05) is 67.6 Å². The molecule has 0 aliphatic carbocycles. The van der Waals surface area contributed by atoms with Gasteiger partial charge in [-0.3, -0.25) is 4.98 Å². The fourth-order valence-corrected chi connectivity index (χ4v) is 2.22. The molecular weight excluding hydrogens is 330 g/mol. The fourth-order valence-electron chi connectivity index (χ4n) is 2.07. The third-order valence-electron chi connectivity index (χ3n) is 3.81. The molecule has 0 atom stereocenters. The summed E-state index contributed by atoms with van der Waals surface area (Å²) in [5, 5.41) is 1.71.